The van der Waals surface area contributed by atoms with Gasteiger partial charge < -0.3 is 10.0 Å². The minimum Gasteiger partial charge on any atom is -0.389 e. The minimum atomic E-state index is -0.653. The first-order valence-corrected chi connectivity index (χ1v) is 6.75. The standard InChI is InChI=1S/C12H19N7O/c1-12(2,20)9-17-3-5-18(6-4-17)11-8-13-7-10-14-15-16-19(10)11/h7-8,20H,3-6,9H2,1-2H3. The number of tetrazole rings is 1. The van der Waals surface area contributed by atoms with Crippen LogP contribution >= 0.6 is 0 Å². The molecule has 3 rings (SSSR count). The quantitative estimate of drug-likeness (QED) is 0.803. The predicted octanol–water partition coefficient (Wildman–Crippen LogP) is -0.588. The summed E-state index contributed by atoms with van der Waals surface area (Å²) in [5, 5.41) is 21.4. The van der Waals surface area contributed by atoms with E-state index in [0.29, 0.717) is 12.2 Å². The predicted molar refractivity (Wildman–Crippen MR) is 73.5 cm³/mol. The normalized spacial score (nSPS) is 17.9. The van der Waals surface area contributed by atoms with Crippen LogP contribution in [0, 0.1) is 0 Å². The van der Waals surface area contributed by atoms with Gasteiger partial charge in [-0.2, -0.15) is 4.52 Å². The van der Waals surface area contributed by atoms with E-state index < -0.39 is 5.60 Å². The minimum absolute atomic E-state index is 0.653. The average molecular weight is 277 g/mol. The Balaban J connectivity index is 1.71. The first-order valence-electron chi connectivity index (χ1n) is 6.75. The van der Waals surface area contributed by atoms with Crippen LogP contribution in [-0.4, -0.2) is 73.4 Å². The van der Waals surface area contributed by atoms with E-state index in [1.807, 2.05) is 13.8 Å². The van der Waals surface area contributed by atoms with Crippen LogP contribution in [0.5, 0.6) is 0 Å². The maximum absolute atomic E-state index is 9.87. The van der Waals surface area contributed by atoms with Crippen molar-refractivity contribution in [1.82, 2.24) is 29.9 Å². The van der Waals surface area contributed by atoms with Crippen LogP contribution < -0.4 is 4.90 Å². The second-order valence-electron chi connectivity index (χ2n) is 5.79. The Labute approximate surface area is 117 Å². The Morgan fingerprint density at radius 1 is 1.20 bits per heavy atom. The Morgan fingerprint density at radius 2 is 1.95 bits per heavy atom. The number of aliphatic hydroxyl groups is 1. The molecular weight excluding hydrogens is 258 g/mol. The number of piperazine rings is 1. The monoisotopic (exact) mass is 277 g/mol. The maximum atomic E-state index is 9.87. The van der Waals surface area contributed by atoms with E-state index in [1.165, 1.54) is 0 Å². The van der Waals surface area contributed by atoms with Gasteiger partial charge in [0.1, 0.15) is 0 Å². The molecule has 1 fully saturated rings. The number of aromatic nitrogens is 5. The number of hydrogen-bond donors (Lipinski definition) is 1. The van der Waals surface area contributed by atoms with Crippen LogP contribution in [0.15, 0.2) is 12.4 Å². The number of anilines is 1. The zero-order chi connectivity index (χ0) is 14.2. The molecule has 1 saturated heterocycles. The molecule has 0 atom stereocenters. The molecule has 0 bridgehead atoms. The molecule has 108 valence electrons. The molecule has 2 aromatic rings. The molecule has 0 saturated carbocycles. The van der Waals surface area contributed by atoms with Crippen LogP contribution in [0.2, 0.25) is 0 Å². The fraction of sp³-hybridized carbons (Fsp3) is 0.667. The molecule has 3 heterocycles. The van der Waals surface area contributed by atoms with Crippen molar-refractivity contribution in [1.29, 1.82) is 0 Å². The molecule has 8 heteroatoms. The zero-order valence-corrected chi connectivity index (χ0v) is 11.8. The van der Waals surface area contributed by atoms with Gasteiger partial charge in [-0.05, 0) is 24.3 Å². The van der Waals surface area contributed by atoms with E-state index in [4.69, 9.17) is 0 Å². The van der Waals surface area contributed by atoms with Crippen molar-refractivity contribution >= 4 is 11.5 Å². The lowest BCUT2D eigenvalue weighted by Gasteiger charge is -2.37. The van der Waals surface area contributed by atoms with Gasteiger partial charge in [-0.15, -0.1) is 5.10 Å². The molecular formula is C12H19N7O. The van der Waals surface area contributed by atoms with Gasteiger partial charge in [-0.25, -0.2) is 0 Å². The fourth-order valence-corrected chi connectivity index (χ4v) is 2.56. The van der Waals surface area contributed by atoms with Gasteiger partial charge in [0.2, 0.25) is 0 Å². The van der Waals surface area contributed by atoms with Gasteiger partial charge in [-0.3, -0.25) is 9.88 Å². The topological polar surface area (TPSA) is 82.7 Å². The van der Waals surface area contributed by atoms with E-state index >= 15 is 0 Å². The number of nitrogens with zero attached hydrogens (tertiary/aromatic N) is 7. The SMILES string of the molecule is CC(C)(O)CN1CCN(c2cncc3nnnn23)CC1. The summed E-state index contributed by atoms with van der Waals surface area (Å²) in [6, 6.07) is 0. The van der Waals surface area contributed by atoms with E-state index in [0.717, 1.165) is 32.0 Å². The van der Waals surface area contributed by atoms with Crippen molar-refractivity contribution in [3.63, 3.8) is 0 Å². The van der Waals surface area contributed by atoms with Gasteiger partial charge in [0, 0.05) is 32.7 Å². The Bertz CT molecular complexity index is 583. The van der Waals surface area contributed by atoms with E-state index in [2.05, 4.69) is 30.3 Å². The Morgan fingerprint density at radius 3 is 2.65 bits per heavy atom. The van der Waals surface area contributed by atoms with E-state index in [9.17, 15) is 5.11 Å². The number of fused-ring (bicyclic) bond motifs is 1. The van der Waals surface area contributed by atoms with Crippen molar-refractivity contribution in [3.8, 4) is 0 Å². The van der Waals surface area contributed by atoms with Crippen molar-refractivity contribution in [2.75, 3.05) is 37.6 Å². The number of hydrogen-bond acceptors (Lipinski definition) is 7. The third-order valence-electron chi connectivity index (χ3n) is 3.40. The molecule has 0 radical (unpaired) electrons. The highest BCUT2D eigenvalue weighted by Gasteiger charge is 2.24. The fourth-order valence-electron chi connectivity index (χ4n) is 2.56. The highest BCUT2D eigenvalue weighted by molar-refractivity contribution is 5.46. The number of β-amino-alcohol motifs (C(OH)–C–C–N with tert-alkyl or cyclic N) is 1. The summed E-state index contributed by atoms with van der Waals surface area (Å²) in [6.07, 6.45) is 3.43. The van der Waals surface area contributed by atoms with E-state index in [1.54, 1.807) is 16.9 Å². The van der Waals surface area contributed by atoms with Crippen LogP contribution in [0.3, 0.4) is 0 Å². The van der Waals surface area contributed by atoms with Crippen molar-refractivity contribution in [2.45, 2.75) is 19.4 Å². The summed E-state index contributed by atoms with van der Waals surface area (Å²) in [4.78, 5) is 8.67. The highest BCUT2D eigenvalue weighted by Crippen LogP contribution is 2.16. The first kappa shape index (κ1) is 13.2. The lowest BCUT2D eigenvalue weighted by Crippen LogP contribution is -2.50. The summed E-state index contributed by atoms with van der Waals surface area (Å²) in [5.74, 6) is 0.912. The molecule has 8 nitrogen and oxygen atoms in total. The number of rotatable bonds is 3. The summed E-state index contributed by atoms with van der Waals surface area (Å²) in [5.41, 5.74) is 0.000882. The first-order chi connectivity index (χ1) is 9.53. The maximum Gasteiger partial charge on any atom is 0.199 e. The third kappa shape index (κ3) is 2.70. The molecule has 0 aromatic carbocycles. The zero-order valence-electron chi connectivity index (χ0n) is 11.8. The molecule has 1 aliphatic rings. The lowest BCUT2D eigenvalue weighted by atomic mass is 10.1. The Hall–Kier alpha value is -1.80. The van der Waals surface area contributed by atoms with Gasteiger partial charge >= 0.3 is 0 Å². The summed E-state index contributed by atoms with van der Waals surface area (Å²) >= 11 is 0. The molecule has 0 aliphatic carbocycles. The van der Waals surface area contributed by atoms with Gasteiger partial charge in [0.15, 0.2) is 11.5 Å². The summed E-state index contributed by atoms with van der Waals surface area (Å²) in [7, 11) is 0. The van der Waals surface area contributed by atoms with Crippen molar-refractivity contribution in [2.24, 2.45) is 0 Å². The van der Waals surface area contributed by atoms with Crippen molar-refractivity contribution in [3.05, 3.63) is 12.4 Å². The third-order valence-corrected chi connectivity index (χ3v) is 3.40. The molecule has 20 heavy (non-hydrogen) atoms. The highest BCUT2D eigenvalue weighted by atomic mass is 16.3. The summed E-state index contributed by atoms with van der Waals surface area (Å²) < 4.78 is 1.71. The van der Waals surface area contributed by atoms with Gasteiger partial charge in [0.05, 0.1) is 18.0 Å². The molecule has 1 aliphatic heterocycles. The second-order valence-corrected chi connectivity index (χ2v) is 5.79. The average Bonchev–Trinajstić information content (AvgIpc) is 2.86. The van der Waals surface area contributed by atoms with Gasteiger partial charge in [0.25, 0.3) is 0 Å². The Kier molecular flexibility index (Phi) is 3.27. The largest absolute Gasteiger partial charge is 0.389 e. The molecule has 0 unspecified atom stereocenters. The van der Waals surface area contributed by atoms with Crippen molar-refractivity contribution < 1.29 is 5.11 Å². The van der Waals surface area contributed by atoms with Crippen LogP contribution in [0.25, 0.3) is 5.65 Å². The molecule has 0 spiro atoms. The van der Waals surface area contributed by atoms with Crippen LogP contribution in [-0.2, 0) is 0 Å². The molecule has 0 amide bonds. The van der Waals surface area contributed by atoms with Crippen LogP contribution in [0.1, 0.15) is 13.8 Å². The van der Waals surface area contributed by atoms with Gasteiger partial charge in [-0.1, -0.05) is 0 Å². The lowest BCUT2D eigenvalue weighted by molar-refractivity contribution is 0.0344. The van der Waals surface area contributed by atoms with E-state index in [-0.39, 0.29) is 0 Å². The second kappa shape index (κ2) is 4.95. The molecule has 1 N–H and O–H groups in total. The van der Waals surface area contributed by atoms with Crippen LogP contribution in [0.4, 0.5) is 5.82 Å². The summed E-state index contributed by atoms with van der Waals surface area (Å²) in [6.45, 7) is 7.92. The smallest absolute Gasteiger partial charge is 0.199 e. The molecule has 2 aromatic heterocycles.